The van der Waals surface area contributed by atoms with Gasteiger partial charge in [-0.3, -0.25) is 4.99 Å². The molecule has 0 aliphatic carbocycles. The number of fused-ring (bicyclic) bond motifs is 2. The summed E-state index contributed by atoms with van der Waals surface area (Å²) in [4.78, 5) is 4.48. The molecule has 0 radical (unpaired) electrons. The van der Waals surface area contributed by atoms with E-state index in [1.807, 2.05) is 6.21 Å². The van der Waals surface area contributed by atoms with Crippen molar-refractivity contribution in [2.24, 2.45) is 4.99 Å². The molecule has 0 bridgehead atoms. The Hall–Kier alpha value is -1.19. The highest BCUT2D eigenvalue weighted by molar-refractivity contribution is 5.83. The van der Waals surface area contributed by atoms with Crippen LogP contribution in [0.25, 0.3) is 0 Å². The van der Waals surface area contributed by atoms with Gasteiger partial charge < -0.3 is 10.3 Å². The van der Waals surface area contributed by atoms with E-state index >= 15 is 0 Å². The van der Waals surface area contributed by atoms with Crippen LogP contribution in [0.15, 0.2) is 29.3 Å². The fourth-order valence-corrected chi connectivity index (χ4v) is 2.93. The van der Waals surface area contributed by atoms with Crippen molar-refractivity contribution >= 4 is 6.21 Å². The SMILES string of the molecule is [O-][NH+]1CCC2(CC1)CN=Cc1ccccc12. The maximum Gasteiger partial charge on any atom is 0.0777 e. The number of nitrogens with one attached hydrogen (secondary N) is 1. The number of benzene rings is 1. The van der Waals surface area contributed by atoms with Gasteiger partial charge in [0.05, 0.1) is 13.1 Å². The Bertz CT molecular complexity index is 420. The van der Waals surface area contributed by atoms with Crippen molar-refractivity contribution < 1.29 is 5.06 Å². The molecule has 2 aliphatic heterocycles. The summed E-state index contributed by atoms with van der Waals surface area (Å²) in [6.45, 7) is 2.31. The fourth-order valence-electron chi connectivity index (χ4n) is 2.93. The third-order valence-corrected chi connectivity index (χ3v) is 3.92. The van der Waals surface area contributed by atoms with E-state index in [1.165, 1.54) is 11.1 Å². The van der Waals surface area contributed by atoms with Crippen LogP contribution >= 0.6 is 0 Å². The molecule has 0 atom stereocenters. The first-order valence-electron chi connectivity index (χ1n) is 5.91. The third kappa shape index (κ3) is 1.47. The summed E-state index contributed by atoms with van der Waals surface area (Å²) in [5.74, 6) is 0. The van der Waals surface area contributed by atoms with Crippen molar-refractivity contribution in [3.63, 3.8) is 0 Å². The molecule has 3 heteroatoms. The van der Waals surface area contributed by atoms with Crippen LogP contribution in [0.5, 0.6) is 0 Å². The predicted molar refractivity (Wildman–Crippen MR) is 63.9 cm³/mol. The minimum absolute atomic E-state index is 0.152. The van der Waals surface area contributed by atoms with Gasteiger partial charge in [0.25, 0.3) is 0 Å². The summed E-state index contributed by atoms with van der Waals surface area (Å²) in [7, 11) is 0. The van der Waals surface area contributed by atoms with Crippen LogP contribution in [0.3, 0.4) is 0 Å². The van der Waals surface area contributed by atoms with Gasteiger partial charge in [-0.05, 0) is 11.1 Å². The minimum atomic E-state index is 0.152. The second-order valence-electron chi connectivity index (χ2n) is 4.88. The average molecular weight is 216 g/mol. The molecule has 0 amide bonds. The molecule has 1 N–H and O–H groups in total. The molecular formula is C13H16N2O. The number of hydroxylamine groups is 2. The van der Waals surface area contributed by atoms with Crippen molar-refractivity contribution in [3.05, 3.63) is 40.6 Å². The molecule has 0 aromatic heterocycles. The zero-order valence-corrected chi connectivity index (χ0v) is 9.28. The summed E-state index contributed by atoms with van der Waals surface area (Å²) >= 11 is 0. The molecular weight excluding hydrogens is 200 g/mol. The van der Waals surface area contributed by atoms with Crippen LogP contribution in [0.4, 0.5) is 0 Å². The van der Waals surface area contributed by atoms with Crippen molar-refractivity contribution in [1.29, 1.82) is 0 Å². The van der Waals surface area contributed by atoms with Gasteiger partial charge in [0.1, 0.15) is 0 Å². The van der Waals surface area contributed by atoms with Gasteiger partial charge in [0.15, 0.2) is 0 Å². The zero-order chi connectivity index (χ0) is 11.0. The number of quaternary nitrogens is 1. The molecule has 1 spiro atoms. The van der Waals surface area contributed by atoms with E-state index in [0.29, 0.717) is 5.06 Å². The van der Waals surface area contributed by atoms with E-state index in [2.05, 4.69) is 29.3 Å². The highest BCUT2D eigenvalue weighted by atomic mass is 16.5. The first-order valence-corrected chi connectivity index (χ1v) is 5.91. The Balaban J connectivity index is 2.00. The molecule has 2 aliphatic rings. The van der Waals surface area contributed by atoms with Crippen LogP contribution < -0.4 is 5.06 Å². The maximum atomic E-state index is 11.4. The van der Waals surface area contributed by atoms with Crippen LogP contribution in [0.2, 0.25) is 0 Å². The molecule has 1 aromatic carbocycles. The quantitative estimate of drug-likeness (QED) is 0.631. The number of piperidine rings is 1. The summed E-state index contributed by atoms with van der Waals surface area (Å²) in [6.07, 6.45) is 3.91. The van der Waals surface area contributed by atoms with Gasteiger partial charge >= 0.3 is 0 Å². The van der Waals surface area contributed by atoms with Gasteiger partial charge in [-0.2, -0.15) is 0 Å². The molecule has 1 fully saturated rings. The van der Waals surface area contributed by atoms with E-state index in [0.717, 1.165) is 32.5 Å². The van der Waals surface area contributed by atoms with E-state index in [9.17, 15) is 5.21 Å². The van der Waals surface area contributed by atoms with Crippen molar-refractivity contribution in [2.75, 3.05) is 19.6 Å². The van der Waals surface area contributed by atoms with Crippen LogP contribution in [0.1, 0.15) is 24.0 Å². The fraction of sp³-hybridized carbons (Fsp3) is 0.462. The Morgan fingerprint density at radius 1 is 1.19 bits per heavy atom. The van der Waals surface area contributed by atoms with Gasteiger partial charge in [-0.1, -0.05) is 24.3 Å². The van der Waals surface area contributed by atoms with E-state index in [-0.39, 0.29) is 5.41 Å². The zero-order valence-electron chi connectivity index (χ0n) is 9.28. The lowest BCUT2D eigenvalue weighted by Gasteiger charge is -2.42. The highest BCUT2D eigenvalue weighted by Gasteiger charge is 2.38. The smallest absolute Gasteiger partial charge is 0.0777 e. The molecule has 1 aromatic rings. The first-order chi connectivity index (χ1) is 7.80. The third-order valence-electron chi connectivity index (χ3n) is 3.92. The summed E-state index contributed by atoms with van der Waals surface area (Å²) in [5, 5.41) is 11.8. The number of hydrogen-bond donors (Lipinski definition) is 1. The highest BCUT2D eigenvalue weighted by Crippen LogP contribution is 2.36. The van der Waals surface area contributed by atoms with Gasteiger partial charge in [0.2, 0.25) is 0 Å². The normalized spacial score (nSPS) is 32.7. The van der Waals surface area contributed by atoms with Crippen molar-refractivity contribution in [1.82, 2.24) is 0 Å². The van der Waals surface area contributed by atoms with Gasteiger partial charge in [-0.15, -0.1) is 0 Å². The van der Waals surface area contributed by atoms with E-state index in [4.69, 9.17) is 0 Å². The Morgan fingerprint density at radius 3 is 2.75 bits per heavy atom. The molecule has 16 heavy (non-hydrogen) atoms. The molecule has 2 heterocycles. The number of aliphatic imine (C=N–C) groups is 1. The van der Waals surface area contributed by atoms with Crippen LogP contribution in [-0.4, -0.2) is 25.8 Å². The van der Waals surface area contributed by atoms with Crippen LogP contribution in [-0.2, 0) is 5.41 Å². The van der Waals surface area contributed by atoms with E-state index < -0.39 is 0 Å². The summed E-state index contributed by atoms with van der Waals surface area (Å²) in [6, 6.07) is 8.47. The number of nitrogens with zero attached hydrogens (tertiary/aromatic N) is 1. The second kappa shape index (κ2) is 3.68. The minimum Gasteiger partial charge on any atom is -0.634 e. The molecule has 0 unspecified atom stereocenters. The number of rotatable bonds is 0. The molecule has 3 rings (SSSR count). The number of hydrogen-bond acceptors (Lipinski definition) is 2. The van der Waals surface area contributed by atoms with Crippen molar-refractivity contribution in [3.8, 4) is 0 Å². The average Bonchev–Trinajstić information content (AvgIpc) is 2.34. The summed E-state index contributed by atoms with van der Waals surface area (Å²) in [5.41, 5.74) is 2.79. The lowest BCUT2D eigenvalue weighted by Crippen LogP contribution is -3.09. The monoisotopic (exact) mass is 216 g/mol. The lowest BCUT2D eigenvalue weighted by molar-refractivity contribution is -0.855. The van der Waals surface area contributed by atoms with Crippen LogP contribution in [0, 0.1) is 5.21 Å². The van der Waals surface area contributed by atoms with Gasteiger partial charge in [0, 0.05) is 31.0 Å². The summed E-state index contributed by atoms with van der Waals surface area (Å²) < 4.78 is 0. The Morgan fingerprint density at radius 2 is 1.94 bits per heavy atom. The molecule has 0 saturated carbocycles. The topological polar surface area (TPSA) is 39.9 Å². The Labute approximate surface area is 95.4 Å². The molecule has 1 saturated heterocycles. The first kappa shape index (κ1) is 10.00. The largest absolute Gasteiger partial charge is 0.634 e. The lowest BCUT2D eigenvalue weighted by atomic mass is 9.70. The standard InChI is InChI=1S/C13H16N2O/c16-15-7-5-13(6-8-15)10-14-9-11-3-1-2-4-12(11)13/h1-4,9,15H,5-8,10H2. The Kier molecular flexibility index (Phi) is 2.30. The molecule has 84 valence electrons. The second-order valence-corrected chi connectivity index (χ2v) is 4.88. The maximum absolute atomic E-state index is 11.4. The molecule has 3 nitrogen and oxygen atoms in total. The predicted octanol–water partition coefficient (Wildman–Crippen LogP) is 0.533. The van der Waals surface area contributed by atoms with Gasteiger partial charge in [-0.25, -0.2) is 0 Å². The van der Waals surface area contributed by atoms with E-state index in [1.54, 1.807) is 0 Å². The van der Waals surface area contributed by atoms with Crippen molar-refractivity contribution in [2.45, 2.75) is 18.3 Å².